The molecule has 15 heteroatoms. The van der Waals surface area contributed by atoms with Gasteiger partial charge in [0.05, 0.1) is 28.2 Å². The van der Waals surface area contributed by atoms with Gasteiger partial charge in [0, 0.05) is 44.9 Å². The summed E-state index contributed by atoms with van der Waals surface area (Å²) in [5.41, 5.74) is 1.82. The molecule has 51 heavy (non-hydrogen) atoms. The van der Waals surface area contributed by atoms with Crippen LogP contribution < -0.4 is 5.32 Å². The second-order valence-corrected chi connectivity index (χ2v) is 15.4. The lowest BCUT2D eigenvalue weighted by Crippen LogP contribution is -2.57. The number of nitrogens with one attached hydrogen (secondary N) is 1. The first-order valence-electron chi connectivity index (χ1n) is 16.8. The minimum Gasteiger partial charge on any atom is -0.411 e. The number of hydrogen-bond acceptors (Lipinski definition) is 9. The molecule has 0 spiro atoms. The molecule has 1 heterocycles. The minimum absolute atomic E-state index is 0.00355. The Morgan fingerprint density at radius 3 is 2.27 bits per heavy atom. The summed E-state index contributed by atoms with van der Waals surface area (Å²) in [6.45, 7) is 7.84. The summed E-state index contributed by atoms with van der Waals surface area (Å²) >= 11 is 0. The Bertz CT molecular complexity index is 1790. The Labute approximate surface area is 298 Å². The molecule has 3 aromatic rings. The standard InChI is InChI=1S/C36H46N6O8S/c1-25(2)22-40(51(49,50)31-15-13-28(14-16-31)21-37-46)24-33(43)32(20-27-9-6-5-7-10-27)38-35(44)34(26(3)4)41-18-17-39(36(41)45)23-29-11-8-12-30(19-29)42(47)48/h5-16,19,21,25-26,32-34,43,46H,17-18,20,22-24H2,1-4H3,(H,38,44)/b37-21+/t32-,33?,34+/m0/s1. The van der Waals surface area contributed by atoms with Crippen LogP contribution in [0.4, 0.5) is 10.5 Å². The molecule has 1 fully saturated rings. The molecule has 3 N–H and O–H groups in total. The van der Waals surface area contributed by atoms with Gasteiger partial charge in [-0.05, 0) is 47.1 Å². The van der Waals surface area contributed by atoms with E-state index in [1.807, 2.05) is 58.0 Å². The summed E-state index contributed by atoms with van der Waals surface area (Å²) < 4.78 is 28.9. The molecular weight excluding hydrogens is 676 g/mol. The number of amides is 3. The number of hydrogen-bond donors (Lipinski definition) is 3. The van der Waals surface area contributed by atoms with E-state index in [9.17, 15) is 33.2 Å². The van der Waals surface area contributed by atoms with Crippen LogP contribution in [0.1, 0.15) is 44.4 Å². The van der Waals surface area contributed by atoms with Crippen LogP contribution in [0.15, 0.2) is 88.9 Å². The van der Waals surface area contributed by atoms with Crippen LogP contribution in [-0.2, 0) is 27.8 Å². The average molecular weight is 723 g/mol. The van der Waals surface area contributed by atoms with E-state index >= 15 is 0 Å². The van der Waals surface area contributed by atoms with Gasteiger partial charge in [0.25, 0.3) is 5.69 Å². The third kappa shape index (κ3) is 10.1. The Balaban J connectivity index is 1.57. The maximum Gasteiger partial charge on any atom is 0.321 e. The van der Waals surface area contributed by atoms with Crippen LogP contribution in [-0.4, -0.2) is 100 Å². The summed E-state index contributed by atoms with van der Waals surface area (Å²) in [6.07, 6.45) is 0.0320. The first-order valence-corrected chi connectivity index (χ1v) is 18.2. The van der Waals surface area contributed by atoms with Gasteiger partial charge in [-0.1, -0.05) is 87.4 Å². The predicted molar refractivity (Wildman–Crippen MR) is 192 cm³/mol. The maximum absolute atomic E-state index is 14.1. The number of non-ortho nitro benzene ring substituents is 1. The highest BCUT2D eigenvalue weighted by molar-refractivity contribution is 7.89. The third-order valence-corrected chi connectivity index (χ3v) is 10.5. The zero-order chi connectivity index (χ0) is 37.3. The quantitative estimate of drug-likeness (QED) is 0.0805. The molecule has 1 aliphatic rings. The van der Waals surface area contributed by atoms with Crippen LogP contribution in [0.3, 0.4) is 0 Å². The largest absolute Gasteiger partial charge is 0.411 e. The van der Waals surface area contributed by atoms with E-state index in [0.717, 1.165) is 5.56 Å². The predicted octanol–water partition coefficient (Wildman–Crippen LogP) is 4.10. The minimum atomic E-state index is -4.09. The first-order chi connectivity index (χ1) is 24.2. The second-order valence-electron chi connectivity index (χ2n) is 13.4. The van der Waals surface area contributed by atoms with Gasteiger partial charge in [0.1, 0.15) is 6.04 Å². The van der Waals surface area contributed by atoms with Gasteiger partial charge in [0.2, 0.25) is 15.9 Å². The van der Waals surface area contributed by atoms with E-state index in [1.54, 1.807) is 12.1 Å². The molecule has 0 aliphatic carbocycles. The molecular formula is C36H46N6O8S. The van der Waals surface area contributed by atoms with E-state index in [2.05, 4.69) is 10.5 Å². The van der Waals surface area contributed by atoms with Crippen molar-refractivity contribution in [2.75, 3.05) is 26.2 Å². The SMILES string of the molecule is CC(C)CN(CC(O)[C@H](Cc1ccccc1)NC(=O)[C@@H](C(C)C)N1CCN(Cc2cccc([N+](=O)[O-])c2)C1=O)S(=O)(=O)c1ccc(/C=N/O)cc1. The van der Waals surface area contributed by atoms with Crippen LogP contribution >= 0.6 is 0 Å². The van der Waals surface area contributed by atoms with Gasteiger partial charge in [-0.15, -0.1) is 0 Å². The molecule has 0 radical (unpaired) electrons. The van der Waals surface area contributed by atoms with Gasteiger partial charge in [0.15, 0.2) is 0 Å². The first kappa shape index (κ1) is 38.9. The molecule has 1 aliphatic heterocycles. The number of rotatable bonds is 17. The van der Waals surface area contributed by atoms with Crippen molar-refractivity contribution in [3.63, 3.8) is 0 Å². The molecule has 3 amide bonds. The van der Waals surface area contributed by atoms with Gasteiger partial charge < -0.3 is 25.4 Å². The van der Waals surface area contributed by atoms with Crippen molar-refractivity contribution >= 4 is 33.9 Å². The molecule has 1 saturated heterocycles. The number of sulfonamides is 1. The van der Waals surface area contributed by atoms with Gasteiger partial charge in [-0.25, -0.2) is 13.2 Å². The second kappa shape index (κ2) is 17.4. The van der Waals surface area contributed by atoms with Crippen molar-refractivity contribution in [2.45, 2.75) is 63.7 Å². The zero-order valence-corrected chi connectivity index (χ0v) is 30.0. The number of nitro benzene ring substituents is 1. The fourth-order valence-corrected chi connectivity index (χ4v) is 7.80. The summed E-state index contributed by atoms with van der Waals surface area (Å²) in [4.78, 5) is 41.5. The lowest BCUT2D eigenvalue weighted by molar-refractivity contribution is -0.384. The molecule has 274 valence electrons. The topological polar surface area (TPSA) is 186 Å². The number of urea groups is 1. The Morgan fingerprint density at radius 1 is 1.00 bits per heavy atom. The molecule has 0 saturated carbocycles. The third-order valence-electron chi connectivity index (χ3n) is 8.63. The summed E-state index contributed by atoms with van der Waals surface area (Å²) in [6, 6.07) is 18.9. The van der Waals surface area contributed by atoms with Gasteiger partial charge >= 0.3 is 6.03 Å². The number of benzene rings is 3. The normalized spacial score (nSPS) is 15.6. The van der Waals surface area contributed by atoms with Crippen molar-refractivity contribution in [1.82, 2.24) is 19.4 Å². The van der Waals surface area contributed by atoms with E-state index in [-0.39, 0.29) is 61.0 Å². The summed E-state index contributed by atoms with van der Waals surface area (Å²) in [5, 5.41) is 37.8. The molecule has 14 nitrogen and oxygen atoms in total. The highest BCUT2D eigenvalue weighted by Gasteiger charge is 2.40. The number of carbonyl (C=O) groups excluding carboxylic acids is 2. The zero-order valence-electron chi connectivity index (χ0n) is 29.2. The molecule has 4 rings (SSSR count). The van der Waals surface area contributed by atoms with E-state index in [4.69, 9.17) is 5.21 Å². The number of nitrogens with zero attached hydrogens (tertiary/aromatic N) is 5. The Morgan fingerprint density at radius 2 is 1.67 bits per heavy atom. The van der Waals surface area contributed by atoms with Gasteiger partial charge in [-0.2, -0.15) is 4.31 Å². The number of aliphatic hydroxyl groups excluding tert-OH is 1. The van der Waals surface area contributed by atoms with E-state index < -0.39 is 39.0 Å². The maximum atomic E-state index is 14.1. The number of aliphatic hydroxyl groups is 1. The van der Waals surface area contributed by atoms with E-state index in [1.165, 1.54) is 56.7 Å². The van der Waals surface area contributed by atoms with Crippen molar-refractivity contribution in [1.29, 1.82) is 0 Å². The average Bonchev–Trinajstić information content (AvgIpc) is 3.43. The van der Waals surface area contributed by atoms with Crippen LogP contribution in [0, 0.1) is 22.0 Å². The van der Waals surface area contributed by atoms with Crippen molar-refractivity contribution < 1.29 is 33.2 Å². The lowest BCUT2D eigenvalue weighted by Gasteiger charge is -2.34. The highest BCUT2D eigenvalue weighted by Crippen LogP contribution is 2.24. The van der Waals surface area contributed by atoms with E-state index in [0.29, 0.717) is 17.7 Å². The number of nitro groups is 1. The molecule has 0 aromatic heterocycles. The van der Waals surface area contributed by atoms with Crippen LogP contribution in [0.5, 0.6) is 0 Å². The molecule has 1 unspecified atom stereocenters. The fourth-order valence-electron chi connectivity index (χ4n) is 6.17. The lowest BCUT2D eigenvalue weighted by atomic mass is 9.97. The van der Waals surface area contributed by atoms with Crippen molar-refractivity contribution in [3.8, 4) is 0 Å². The number of oxime groups is 1. The van der Waals surface area contributed by atoms with Crippen molar-refractivity contribution in [3.05, 3.63) is 106 Å². The molecule has 0 bridgehead atoms. The van der Waals surface area contributed by atoms with Gasteiger partial charge in [-0.3, -0.25) is 14.9 Å². The number of carbonyl (C=O) groups is 2. The fraction of sp³-hybridized carbons (Fsp3) is 0.417. The Kier molecular flexibility index (Phi) is 13.3. The Hall–Kier alpha value is -4.86. The van der Waals surface area contributed by atoms with Crippen LogP contribution in [0.25, 0.3) is 0 Å². The van der Waals surface area contributed by atoms with Crippen molar-refractivity contribution in [2.24, 2.45) is 17.0 Å². The molecule has 3 atom stereocenters. The summed E-state index contributed by atoms with van der Waals surface area (Å²) in [7, 11) is -4.09. The molecule has 3 aromatic carbocycles. The summed E-state index contributed by atoms with van der Waals surface area (Å²) in [5.74, 6) is -0.903. The van der Waals surface area contributed by atoms with Crippen LogP contribution in [0.2, 0.25) is 0 Å². The smallest absolute Gasteiger partial charge is 0.321 e. The monoisotopic (exact) mass is 722 g/mol. The highest BCUT2D eigenvalue weighted by atomic mass is 32.2.